The van der Waals surface area contributed by atoms with Gasteiger partial charge in [-0.2, -0.15) is 0 Å². The molecule has 0 fully saturated rings. The van der Waals surface area contributed by atoms with Crippen LogP contribution in [-0.4, -0.2) is 34.9 Å². The number of hydrogen-bond donors (Lipinski definition) is 3. The maximum Gasteiger partial charge on any atom is 0.220 e. The number of carbonyl (C=O) groups is 1. The van der Waals surface area contributed by atoms with Crippen molar-refractivity contribution in [2.24, 2.45) is 0 Å². The molecule has 0 aromatic carbocycles. The fourth-order valence-corrected chi connectivity index (χ4v) is 6.01. The molecule has 0 rings (SSSR count). The zero-order valence-corrected chi connectivity index (χ0v) is 30.8. The van der Waals surface area contributed by atoms with Gasteiger partial charge < -0.3 is 15.5 Å². The van der Waals surface area contributed by atoms with Crippen LogP contribution in [0.25, 0.3) is 0 Å². The second kappa shape index (κ2) is 38.1. The van der Waals surface area contributed by atoms with Crippen molar-refractivity contribution in [2.75, 3.05) is 6.61 Å². The molecule has 0 aromatic heterocycles. The Kier molecular flexibility index (Phi) is 36.9. The van der Waals surface area contributed by atoms with E-state index in [2.05, 4.69) is 55.6 Å². The van der Waals surface area contributed by atoms with E-state index in [0.717, 1.165) is 38.5 Å². The van der Waals surface area contributed by atoms with Crippen LogP contribution in [-0.2, 0) is 4.79 Å². The molecule has 0 saturated carbocycles. The molecule has 0 bridgehead atoms. The molecule has 1 amide bonds. The number of allylic oxidation sites excluding steroid dienone is 6. The summed E-state index contributed by atoms with van der Waals surface area (Å²) in [6.45, 7) is 4.33. The summed E-state index contributed by atoms with van der Waals surface area (Å²) in [7, 11) is 0. The highest BCUT2D eigenvalue weighted by Gasteiger charge is 2.19. The first-order valence-corrected chi connectivity index (χ1v) is 20.2. The van der Waals surface area contributed by atoms with Crippen molar-refractivity contribution in [3.63, 3.8) is 0 Å². The van der Waals surface area contributed by atoms with Gasteiger partial charge in [-0.1, -0.05) is 185 Å². The van der Waals surface area contributed by atoms with E-state index in [-0.39, 0.29) is 12.5 Å². The summed E-state index contributed by atoms with van der Waals surface area (Å²) in [5, 5.41) is 23.0. The number of nitrogens with one attached hydrogen (secondary N) is 1. The quantitative estimate of drug-likeness (QED) is 0.0469. The maximum absolute atomic E-state index is 12.3. The summed E-state index contributed by atoms with van der Waals surface area (Å²) in [5.41, 5.74) is 0. The Morgan fingerprint density at radius 2 is 0.891 bits per heavy atom. The van der Waals surface area contributed by atoms with Crippen molar-refractivity contribution in [1.29, 1.82) is 0 Å². The third kappa shape index (κ3) is 34.0. The summed E-state index contributed by atoms with van der Waals surface area (Å²) in [6.07, 6.45) is 49.2. The molecule has 0 aliphatic carbocycles. The normalized spacial score (nSPS) is 13.4. The standard InChI is InChI=1S/C42H79NO3/c1-3-5-7-9-11-13-15-16-17-18-19-20-21-22-23-24-25-26-28-30-32-34-36-38-42(46)43-40(39-44)41(45)37-35-33-31-29-27-14-12-10-8-6-4-2/h15-16,18-19,21-22,40-41,44-45H,3-14,17,20,23-39H2,1-2H3,(H,43,46)/b16-15-,19-18-,22-21-. The smallest absolute Gasteiger partial charge is 0.220 e. The minimum absolute atomic E-state index is 0.0408. The lowest BCUT2D eigenvalue weighted by atomic mass is 10.0. The van der Waals surface area contributed by atoms with Gasteiger partial charge in [0.25, 0.3) is 0 Å². The minimum atomic E-state index is -0.660. The van der Waals surface area contributed by atoms with Crippen LogP contribution in [0.3, 0.4) is 0 Å². The number of unbranched alkanes of at least 4 members (excludes halogenated alkanes) is 23. The largest absolute Gasteiger partial charge is 0.394 e. The van der Waals surface area contributed by atoms with Gasteiger partial charge in [-0.3, -0.25) is 4.79 Å². The van der Waals surface area contributed by atoms with Gasteiger partial charge in [0.15, 0.2) is 0 Å². The molecule has 0 radical (unpaired) electrons. The molecule has 2 atom stereocenters. The van der Waals surface area contributed by atoms with Gasteiger partial charge in [-0.15, -0.1) is 0 Å². The molecule has 2 unspecified atom stereocenters. The van der Waals surface area contributed by atoms with Crippen LogP contribution < -0.4 is 5.32 Å². The lowest BCUT2D eigenvalue weighted by molar-refractivity contribution is -0.123. The van der Waals surface area contributed by atoms with Gasteiger partial charge in [0.2, 0.25) is 5.91 Å². The Morgan fingerprint density at radius 3 is 1.33 bits per heavy atom. The zero-order valence-electron chi connectivity index (χ0n) is 30.8. The van der Waals surface area contributed by atoms with E-state index in [1.807, 2.05) is 0 Å². The van der Waals surface area contributed by atoms with Crippen molar-refractivity contribution in [3.8, 4) is 0 Å². The molecule has 0 saturated heterocycles. The minimum Gasteiger partial charge on any atom is -0.394 e. The number of aliphatic hydroxyl groups excluding tert-OH is 2. The van der Waals surface area contributed by atoms with Gasteiger partial charge in [0.05, 0.1) is 18.8 Å². The summed E-state index contributed by atoms with van der Waals surface area (Å²) in [4.78, 5) is 12.3. The molecule has 0 spiro atoms. The highest BCUT2D eigenvalue weighted by atomic mass is 16.3. The topological polar surface area (TPSA) is 69.6 Å². The Morgan fingerprint density at radius 1 is 0.522 bits per heavy atom. The molecule has 0 aliphatic heterocycles. The van der Waals surface area contributed by atoms with Crippen LogP contribution in [0.2, 0.25) is 0 Å². The highest BCUT2D eigenvalue weighted by molar-refractivity contribution is 5.76. The second-order valence-corrected chi connectivity index (χ2v) is 13.7. The average molecular weight is 646 g/mol. The van der Waals surface area contributed by atoms with E-state index in [4.69, 9.17) is 0 Å². The van der Waals surface area contributed by atoms with E-state index in [0.29, 0.717) is 12.8 Å². The Balaban J connectivity index is 3.56. The Labute approximate surface area is 287 Å². The Hall–Kier alpha value is -1.39. The molecular weight excluding hydrogens is 566 g/mol. The third-order valence-electron chi connectivity index (χ3n) is 9.15. The predicted molar refractivity (Wildman–Crippen MR) is 202 cm³/mol. The first kappa shape index (κ1) is 44.6. The lowest BCUT2D eigenvalue weighted by Crippen LogP contribution is -2.45. The van der Waals surface area contributed by atoms with Gasteiger partial charge >= 0.3 is 0 Å². The summed E-state index contributed by atoms with van der Waals surface area (Å²) in [6, 6.07) is -0.538. The van der Waals surface area contributed by atoms with Crippen LogP contribution in [0, 0.1) is 0 Å². The fourth-order valence-electron chi connectivity index (χ4n) is 6.01. The molecule has 4 nitrogen and oxygen atoms in total. The fraction of sp³-hybridized carbons (Fsp3) is 0.833. The van der Waals surface area contributed by atoms with Crippen LogP contribution in [0.5, 0.6) is 0 Å². The molecule has 3 N–H and O–H groups in total. The van der Waals surface area contributed by atoms with E-state index in [9.17, 15) is 15.0 Å². The zero-order chi connectivity index (χ0) is 33.6. The first-order valence-electron chi connectivity index (χ1n) is 20.2. The molecule has 0 heterocycles. The highest BCUT2D eigenvalue weighted by Crippen LogP contribution is 2.14. The van der Waals surface area contributed by atoms with E-state index < -0.39 is 12.1 Å². The van der Waals surface area contributed by atoms with E-state index >= 15 is 0 Å². The lowest BCUT2D eigenvalue weighted by Gasteiger charge is -2.22. The van der Waals surface area contributed by atoms with Gasteiger partial charge in [0.1, 0.15) is 0 Å². The number of carbonyl (C=O) groups excluding carboxylic acids is 1. The number of aliphatic hydroxyl groups is 2. The van der Waals surface area contributed by atoms with Crippen molar-refractivity contribution in [3.05, 3.63) is 36.5 Å². The summed E-state index contributed by atoms with van der Waals surface area (Å²) >= 11 is 0. The molecule has 4 heteroatoms. The average Bonchev–Trinajstić information content (AvgIpc) is 3.06. The number of rotatable bonds is 36. The van der Waals surface area contributed by atoms with Crippen molar-refractivity contribution >= 4 is 5.91 Å². The van der Waals surface area contributed by atoms with E-state index in [1.165, 1.54) is 141 Å². The summed E-state index contributed by atoms with van der Waals surface area (Å²) in [5.74, 6) is -0.0408. The second-order valence-electron chi connectivity index (χ2n) is 13.7. The van der Waals surface area contributed by atoms with Crippen LogP contribution in [0.15, 0.2) is 36.5 Å². The molecule has 0 aromatic rings. The number of amides is 1. The molecule has 0 aliphatic rings. The van der Waals surface area contributed by atoms with Gasteiger partial charge in [-0.25, -0.2) is 0 Å². The van der Waals surface area contributed by atoms with Crippen LogP contribution in [0.1, 0.15) is 206 Å². The Bertz CT molecular complexity index is 701. The maximum atomic E-state index is 12.3. The van der Waals surface area contributed by atoms with Crippen molar-refractivity contribution in [2.45, 2.75) is 219 Å². The molecule has 46 heavy (non-hydrogen) atoms. The monoisotopic (exact) mass is 646 g/mol. The van der Waals surface area contributed by atoms with E-state index in [1.54, 1.807) is 0 Å². The van der Waals surface area contributed by atoms with Crippen LogP contribution >= 0.6 is 0 Å². The predicted octanol–water partition coefficient (Wildman–Crippen LogP) is 12.2. The van der Waals surface area contributed by atoms with Crippen molar-refractivity contribution < 1.29 is 15.0 Å². The van der Waals surface area contributed by atoms with Gasteiger partial charge in [-0.05, 0) is 51.4 Å². The summed E-state index contributed by atoms with van der Waals surface area (Å²) < 4.78 is 0. The first-order chi connectivity index (χ1) is 22.7. The van der Waals surface area contributed by atoms with Crippen molar-refractivity contribution in [1.82, 2.24) is 5.32 Å². The van der Waals surface area contributed by atoms with Gasteiger partial charge in [0, 0.05) is 6.42 Å². The van der Waals surface area contributed by atoms with Crippen LogP contribution in [0.4, 0.5) is 0 Å². The molecular formula is C42H79NO3. The number of hydrogen-bond acceptors (Lipinski definition) is 3. The SMILES string of the molecule is CCCCCCC/C=C\C/C=C\C/C=C\CCCCCCCCCCC(=O)NC(CO)C(O)CCCCCCCCCCCCC. The third-order valence-corrected chi connectivity index (χ3v) is 9.15. The molecule has 270 valence electrons.